The van der Waals surface area contributed by atoms with Crippen molar-refractivity contribution in [1.29, 1.82) is 0 Å². The Morgan fingerprint density at radius 2 is 1.71 bits per heavy atom. The molecule has 4 heteroatoms. The molecule has 1 aromatic heterocycles. The Kier molecular flexibility index (Phi) is 3.88. The minimum Gasteiger partial charge on any atom is -0.343 e. The molecule has 0 aliphatic heterocycles. The highest BCUT2D eigenvalue weighted by Gasteiger charge is 2.06. The zero-order valence-electron chi connectivity index (χ0n) is 11.2. The van der Waals surface area contributed by atoms with Gasteiger partial charge in [-0.25, -0.2) is 9.37 Å². The van der Waals surface area contributed by atoms with E-state index >= 15 is 0 Å². The zero-order chi connectivity index (χ0) is 14.7. The highest BCUT2D eigenvalue weighted by Crippen LogP contribution is 2.18. The summed E-state index contributed by atoms with van der Waals surface area (Å²) in [7, 11) is 0. The van der Waals surface area contributed by atoms with Gasteiger partial charge in [-0.2, -0.15) is 0 Å². The van der Waals surface area contributed by atoms with E-state index in [-0.39, 0.29) is 5.82 Å². The summed E-state index contributed by atoms with van der Waals surface area (Å²) in [6, 6.07) is 18.4. The maximum Gasteiger partial charge on any atom is 0.130 e. The van der Waals surface area contributed by atoms with Crippen LogP contribution in [-0.4, -0.2) is 9.97 Å². The summed E-state index contributed by atoms with van der Waals surface area (Å²) in [5.74, 6) is 0.426. The fourth-order valence-corrected chi connectivity index (χ4v) is 2.42. The van der Waals surface area contributed by atoms with Crippen molar-refractivity contribution in [3.8, 4) is 11.3 Å². The highest BCUT2D eigenvalue weighted by atomic mass is 32.1. The Morgan fingerprint density at radius 1 is 1.00 bits per heavy atom. The summed E-state index contributed by atoms with van der Waals surface area (Å²) >= 11 is 5.21. The zero-order valence-corrected chi connectivity index (χ0v) is 12.0. The summed E-state index contributed by atoms with van der Waals surface area (Å²) in [4.78, 5) is 7.52. The molecule has 0 atom stereocenters. The lowest BCUT2D eigenvalue weighted by atomic mass is 10.1. The van der Waals surface area contributed by atoms with Gasteiger partial charge in [-0.1, -0.05) is 60.7 Å². The third-order valence-corrected chi connectivity index (χ3v) is 3.40. The van der Waals surface area contributed by atoms with Crippen LogP contribution in [0.2, 0.25) is 0 Å². The van der Waals surface area contributed by atoms with Crippen LogP contribution in [0.4, 0.5) is 4.39 Å². The number of aromatic nitrogens is 2. The maximum atomic E-state index is 13.7. The van der Waals surface area contributed by atoms with Gasteiger partial charge >= 0.3 is 0 Å². The van der Waals surface area contributed by atoms with Crippen LogP contribution >= 0.6 is 12.2 Å². The number of H-pyrrole nitrogens is 1. The number of benzene rings is 2. The van der Waals surface area contributed by atoms with Gasteiger partial charge in [0.25, 0.3) is 0 Å². The Balaban J connectivity index is 1.99. The number of halogens is 1. The Morgan fingerprint density at radius 3 is 2.48 bits per heavy atom. The van der Waals surface area contributed by atoms with Gasteiger partial charge in [0, 0.05) is 12.1 Å². The van der Waals surface area contributed by atoms with Crippen molar-refractivity contribution in [1.82, 2.24) is 9.97 Å². The summed E-state index contributed by atoms with van der Waals surface area (Å²) in [5.41, 5.74) is 2.52. The molecule has 0 saturated heterocycles. The third-order valence-electron chi connectivity index (χ3n) is 3.19. The lowest BCUT2D eigenvalue weighted by molar-refractivity contribution is 0.612. The number of nitrogens with zero attached hydrogens (tertiary/aromatic N) is 1. The molecule has 0 saturated carbocycles. The summed E-state index contributed by atoms with van der Waals surface area (Å²) in [6.07, 6.45) is 0.386. The van der Waals surface area contributed by atoms with E-state index in [1.165, 1.54) is 6.07 Å². The molecule has 3 rings (SSSR count). The fourth-order valence-electron chi connectivity index (χ4n) is 2.19. The standard InChI is InChI=1S/C17H13FN2S/c18-14-9-5-4-8-13(14)10-16-19-15(11-17(21)20-16)12-6-2-1-3-7-12/h1-9,11H,10H2,(H,19,20,21). The number of hydrogen-bond donors (Lipinski definition) is 1. The molecular formula is C17H13FN2S. The number of aromatic amines is 1. The highest BCUT2D eigenvalue weighted by molar-refractivity contribution is 7.71. The first-order valence-electron chi connectivity index (χ1n) is 6.61. The first-order chi connectivity index (χ1) is 10.2. The van der Waals surface area contributed by atoms with E-state index in [0.29, 0.717) is 22.4 Å². The molecule has 2 nitrogen and oxygen atoms in total. The van der Waals surface area contributed by atoms with Crippen molar-refractivity contribution >= 4 is 12.2 Å². The third kappa shape index (κ3) is 3.23. The Hall–Kier alpha value is -2.33. The summed E-state index contributed by atoms with van der Waals surface area (Å²) in [5, 5.41) is 0. The predicted molar refractivity (Wildman–Crippen MR) is 84.1 cm³/mol. The van der Waals surface area contributed by atoms with E-state index in [9.17, 15) is 4.39 Å². The topological polar surface area (TPSA) is 28.7 Å². The molecule has 1 N–H and O–H groups in total. The van der Waals surface area contributed by atoms with Crippen molar-refractivity contribution in [2.45, 2.75) is 6.42 Å². The van der Waals surface area contributed by atoms with Gasteiger partial charge in [-0.15, -0.1) is 0 Å². The number of hydrogen-bond acceptors (Lipinski definition) is 2. The second-order valence-corrected chi connectivity index (χ2v) is 5.13. The normalized spacial score (nSPS) is 10.5. The second-order valence-electron chi connectivity index (χ2n) is 4.71. The minimum absolute atomic E-state index is 0.233. The number of nitrogens with one attached hydrogen (secondary N) is 1. The smallest absolute Gasteiger partial charge is 0.130 e. The molecule has 0 bridgehead atoms. The lowest BCUT2D eigenvalue weighted by Crippen LogP contribution is -2.00. The first-order valence-corrected chi connectivity index (χ1v) is 7.02. The van der Waals surface area contributed by atoms with Gasteiger partial charge in [0.05, 0.1) is 0 Å². The van der Waals surface area contributed by atoms with E-state index in [2.05, 4.69) is 9.97 Å². The molecule has 104 valence electrons. The van der Waals surface area contributed by atoms with Crippen LogP contribution in [0.3, 0.4) is 0 Å². The van der Waals surface area contributed by atoms with E-state index in [0.717, 1.165) is 11.3 Å². The maximum absolute atomic E-state index is 13.7. The van der Waals surface area contributed by atoms with E-state index < -0.39 is 0 Å². The van der Waals surface area contributed by atoms with Crippen LogP contribution in [0.5, 0.6) is 0 Å². The average Bonchev–Trinajstić information content (AvgIpc) is 2.50. The van der Waals surface area contributed by atoms with Crippen molar-refractivity contribution in [2.24, 2.45) is 0 Å². The van der Waals surface area contributed by atoms with Crippen molar-refractivity contribution < 1.29 is 4.39 Å². The van der Waals surface area contributed by atoms with Gasteiger partial charge in [0.1, 0.15) is 16.3 Å². The van der Waals surface area contributed by atoms with Gasteiger partial charge in [0.15, 0.2) is 0 Å². The largest absolute Gasteiger partial charge is 0.343 e. The Bertz CT molecular complexity index is 812. The molecule has 0 unspecified atom stereocenters. The Labute approximate surface area is 127 Å². The van der Waals surface area contributed by atoms with Crippen LogP contribution in [-0.2, 0) is 6.42 Å². The lowest BCUT2D eigenvalue weighted by Gasteiger charge is -2.07. The molecular weight excluding hydrogens is 283 g/mol. The van der Waals surface area contributed by atoms with Crippen LogP contribution in [0.25, 0.3) is 11.3 Å². The van der Waals surface area contributed by atoms with Gasteiger partial charge in [-0.3, -0.25) is 0 Å². The van der Waals surface area contributed by atoms with Gasteiger partial charge in [0.2, 0.25) is 0 Å². The second kappa shape index (κ2) is 5.97. The fraction of sp³-hybridized carbons (Fsp3) is 0.0588. The average molecular weight is 296 g/mol. The van der Waals surface area contributed by atoms with Crippen LogP contribution in [0.1, 0.15) is 11.4 Å². The molecule has 0 amide bonds. The SMILES string of the molecule is Fc1ccccc1Cc1nc(=S)cc(-c2ccccc2)[nH]1. The minimum atomic E-state index is -0.233. The van der Waals surface area contributed by atoms with Gasteiger partial charge < -0.3 is 4.98 Å². The predicted octanol–water partition coefficient (Wildman–Crippen LogP) is 4.54. The molecule has 2 aromatic carbocycles. The van der Waals surface area contributed by atoms with Crippen molar-refractivity contribution in [3.05, 3.63) is 82.5 Å². The molecule has 1 heterocycles. The molecule has 21 heavy (non-hydrogen) atoms. The molecule has 3 aromatic rings. The molecule has 0 radical (unpaired) electrons. The molecule has 0 fully saturated rings. The quantitative estimate of drug-likeness (QED) is 0.719. The van der Waals surface area contributed by atoms with Crippen LogP contribution < -0.4 is 0 Å². The van der Waals surface area contributed by atoms with E-state index in [1.807, 2.05) is 42.5 Å². The van der Waals surface area contributed by atoms with Crippen LogP contribution in [0.15, 0.2) is 60.7 Å². The van der Waals surface area contributed by atoms with Gasteiger partial charge in [-0.05, 0) is 23.3 Å². The van der Waals surface area contributed by atoms with E-state index in [1.54, 1.807) is 12.1 Å². The van der Waals surface area contributed by atoms with Crippen LogP contribution in [0, 0.1) is 10.5 Å². The van der Waals surface area contributed by atoms with Crippen molar-refractivity contribution in [3.63, 3.8) is 0 Å². The summed E-state index contributed by atoms with van der Waals surface area (Å²) < 4.78 is 14.2. The molecule has 0 spiro atoms. The monoisotopic (exact) mass is 296 g/mol. The molecule has 0 aliphatic rings. The van der Waals surface area contributed by atoms with Crippen molar-refractivity contribution in [2.75, 3.05) is 0 Å². The first kappa shape index (κ1) is 13.6. The molecule has 0 aliphatic carbocycles. The van der Waals surface area contributed by atoms with E-state index in [4.69, 9.17) is 12.2 Å². The number of rotatable bonds is 3. The summed E-state index contributed by atoms with van der Waals surface area (Å²) in [6.45, 7) is 0.